The first-order chi connectivity index (χ1) is 3.80. The van der Waals surface area contributed by atoms with Crippen LogP contribution < -0.4 is 37.2 Å². The van der Waals surface area contributed by atoms with Gasteiger partial charge in [0.25, 0.3) is 0 Å². The number of hydrogen-bond donors (Lipinski definition) is 0. The third-order valence-electron chi connectivity index (χ3n) is 1.43. The molecule has 0 aromatic heterocycles. The van der Waals surface area contributed by atoms with Gasteiger partial charge in [-0.1, -0.05) is 24.3 Å². The maximum atomic E-state index is 2.12. The van der Waals surface area contributed by atoms with Gasteiger partial charge < -0.3 is 37.2 Å². The van der Waals surface area contributed by atoms with Gasteiger partial charge in [0.15, 0.2) is 0 Å². The minimum atomic E-state index is 0. The Morgan fingerprint density at radius 3 is 1.15 bits per heavy atom. The Morgan fingerprint density at radius 1 is 0.769 bits per heavy atom. The van der Waals surface area contributed by atoms with Crippen LogP contribution in [-0.2, 0) is 0 Å². The zero-order valence-electron chi connectivity index (χ0n) is 7.43. The van der Waals surface area contributed by atoms with Crippen LogP contribution in [0.15, 0.2) is 24.3 Å². The Hall–Kier alpha value is 0.912. The largest absolute Gasteiger partial charge is 3.00 e. The predicted molar refractivity (Wildman–Crippen MR) is 48.9 cm³/mol. The molecule has 0 aliphatic carbocycles. The molecular weight excluding hydrogens is 265 g/mol. The van der Waals surface area contributed by atoms with E-state index in [0.29, 0.717) is 0 Å². The van der Waals surface area contributed by atoms with Gasteiger partial charge in [0.1, 0.15) is 0 Å². The van der Waals surface area contributed by atoms with Gasteiger partial charge in [0.05, 0.1) is 0 Å². The first kappa shape index (κ1) is 29.2. The molecule has 0 radical (unpaired) electrons. The topological polar surface area (TPSA) is 0 Å². The molecule has 0 spiro atoms. The van der Waals surface area contributed by atoms with E-state index in [4.69, 9.17) is 0 Å². The van der Waals surface area contributed by atoms with Crippen molar-refractivity contribution in [3.8, 4) is 0 Å². The Balaban J connectivity index is -0.0000000427. The molecule has 13 heavy (non-hydrogen) atoms. The van der Waals surface area contributed by atoms with Crippen molar-refractivity contribution in [3.63, 3.8) is 0 Å². The molecule has 0 bridgehead atoms. The van der Waals surface area contributed by atoms with Gasteiger partial charge in [-0.3, -0.25) is 0 Å². The molecule has 1 aromatic rings. The standard InChI is InChI=1S/C8H10.Al.4ClH/c1-7-5-3-4-6-8(7)2;;;;;/h3-6H,1-2H3;;4*1H/q;+3;;;;/p-3. The maximum absolute atomic E-state index is 2.12. The molecule has 0 saturated carbocycles. The zero-order chi connectivity index (χ0) is 5.98. The molecule has 0 heterocycles. The summed E-state index contributed by atoms with van der Waals surface area (Å²) in [6.45, 7) is 4.24. The number of halogens is 4. The van der Waals surface area contributed by atoms with Gasteiger partial charge >= 0.3 is 17.4 Å². The molecule has 74 valence electrons. The zero-order valence-corrected chi connectivity index (χ0v) is 11.7. The van der Waals surface area contributed by atoms with E-state index in [2.05, 4.69) is 38.1 Å². The van der Waals surface area contributed by atoms with Crippen molar-refractivity contribution in [2.45, 2.75) is 13.8 Å². The summed E-state index contributed by atoms with van der Waals surface area (Å²) >= 11 is 0. The number of hydrogen-bond acceptors (Lipinski definition) is 0. The van der Waals surface area contributed by atoms with Crippen molar-refractivity contribution in [2.75, 3.05) is 0 Å². The molecule has 1 rings (SSSR count). The Bertz CT molecular complexity index is 172. The Labute approximate surface area is 116 Å². The Kier molecular flexibility index (Phi) is 34.6. The summed E-state index contributed by atoms with van der Waals surface area (Å²) in [6.07, 6.45) is 0. The number of benzene rings is 1. The molecule has 0 aliphatic rings. The fourth-order valence-corrected chi connectivity index (χ4v) is 0.663. The molecule has 0 saturated heterocycles. The molecule has 0 amide bonds. The van der Waals surface area contributed by atoms with Crippen LogP contribution in [0.3, 0.4) is 0 Å². The summed E-state index contributed by atoms with van der Waals surface area (Å²) < 4.78 is 0. The van der Waals surface area contributed by atoms with E-state index in [1.165, 1.54) is 11.1 Å². The second-order valence-corrected chi connectivity index (χ2v) is 2.08. The van der Waals surface area contributed by atoms with Crippen LogP contribution in [0, 0.1) is 13.8 Å². The van der Waals surface area contributed by atoms with Crippen LogP contribution in [0.25, 0.3) is 0 Å². The molecule has 5 heteroatoms. The SMILES string of the molecule is Cc1ccccc1C.Cl.[Al+3].[Cl-].[Cl-].[Cl-]. The number of aryl methyl sites for hydroxylation is 2. The van der Waals surface area contributed by atoms with Gasteiger partial charge in [-0.25, -0.2) is 0 Å². The summed E-state index contributed by atoms with van der Waals surface area (Å²) in [5, 5.41) is 0. The van der Waals surface area contributed by atoms with E-state index >= 15 is 0 Å². The molecule has 0 unspecified atom stereocenters. The van der Waals surface area contributed by atoms with Crippen molar-refractivity contribution in [3.05, 3.63) is 35.4 Å². The van der Waals surface area contributed by atoms with E-state index in [1.54, 1.807) is 0 Å². The van der Waals surface area contributed by atoms with Crippen molar-refractivity contribution < 1.29 is 37.2 Å². The van der Waals surface area contributed by atoms with Gasteiger partial charge in [0, 0.05) is 0 Å². The van der Waals surface area contributed by atoms with Crippen LogP contribution in [0.1, 0.15) is 11.1 Å². The smallest absolute Gasteiger partial charge is 1.00 e. The van der Waals surface area contributed by atoms with Crippen molar-refractivity contribution >= 4 is 29.8 Å². The summed E-state index contributed by atoms with van der Waals surface area (Å²) in [5.74, 6) is 0. The van der Waals surface area contributed by atoms with E-state index in [1.807, 2.05) is 0 Å². The second kappa shape index (κ2) is 15.4. The fraction of sp³-hybridized carbons (Fsp3) is 0.250. The maximum Gasteiger partial charge on any atom is 3.00 e. The average Bonchev–Trinajstić information content (AvgIpc) is 1.77. The predicted octanol–water partition coefficient (Wildman–Crippen LogP) is -6.64. The molecule has 0 N–H and O–H groups in total. The molecule has 0 aliphatic heterocycles. The molecule has 0 atom stereocenters. The molecular formula is C8H11AlCl4. The van der Waals surface area contributed by atoms with Crippen LogP contribution in [0.4, 0.5) is 0 Å². The van der Waals surface area contributed by atoms with E-state index in [0.717, 1.165) is 0 Å². The number of rotatable bonds is 0. The summed E-state index contributed by atoms with van der Waals surface area (Å²) in [5.41, 5.74) is 2.74. The van der Waals surface area contributed by atoms with E-state index < -0.39 is 0 Å². The molecule has 0 nitrogen and oxygen atoms in total. The third kappa shape index (κ3) is 10.8. The monoisotopic (exact) mass is 274 g/mol. The minimum absolute atomic E-state index is 0. The molecule has 0 fully saturated rings. The van der Waals surface area contributed by atoms with Gasteiger partial charge in [-0.15, -0.1) is 12.4 Å². The normalized spacial score (nSPS) is 5.69. The van der Waals surface area contributed by atoms with Crippen molar-refractivity contribution in [1.29, 1.82) is 0 Å². The molecule has 1 aromatic carbocycles. The third-order valence-corrected chi connectivity index (χ3v) is 1.43. The van der Waals surface area contributed by atoms with Crippen LogP contribution in [0.5, 0.6) is 0 Å². The van der Waals surface area contributed by atoms with E-state index in [9.17, 15) is 0 Å². The Morgan fingerprint density at radius 2 is 1.00 bits per heavy atom. The van der Waals surface area contributed by atoms with Crippen LogP contribution in [0.2, 0.25) is 0 Å². The van der Waals surface area contributed by atoms with Crippen LogP contribution in [-0.4, -0.2) is 17.4 Å². The van der Waals surface area contributed by atoms with Gasteiger partial charge in [0.2, 0.25) is 0 Å². The summed E-state index contributed by atoms with van der Waals surface area (Å²) in [4.78, 5) is 0. The average molecular weight is 276 g/mol. The summed E-state index contributed by atoms with van der Waals surface area (Å²) in [7, 11) is 0. The van der Waals surface area contributed by atoms with Crippen LogP contribution >= 0.6 is 12.4 Å². The van der Waals surface area contributed by atoms with Crippen molar-refractivity contribution in [1.82, 2.24) is 0 Å². The van der Waals surface area contributed by atoms with E-state index in [-0.39, 0.29) is 67.0 Å². The second-order valence-electron chi connectivity index (χ2n) is 2.08. The first-order valence-corrected chi connectivity index (χ1v) is 2.83. The fourth-order valence-electron chi connectivity index (χ4n) is 0.663. The quantitative estimate of drug-likeness (QED) is 0.413. The first-order valence-electron chi connectivity index (χ1n) is 2.83. The van der Waals surface area contributed by atoms with Gasteiger partial charge in [-0.05, 0) is 25.0 Å². The van der Waals surface area contributed by atoms with Crippen molar-refractivity contribution in [2.24, 2.45) is 0 Å². The summed E-state index contributed by atoms with van der Waals surface area (Å²) in [6, 6.07) is 8.36. The minimum Gasteiger partial charge on any atom is -1.00 e. The van der Waals surface area contributed by atoms with Gasteiger partial charge in [-0.2, -0.15) is 0 Å².